The standard InChI is InChI=1S/C22H22ClNO2/c23-21-12-5-4-10-19(21)16-26-20-11-6-7-17(13-20)14-24-15-22(25)18-8-2-1-3-9-18/h1-13,22,24-25H,14-16H2/t22-/m1/s1. The molecule has 1 atom stereocenters. The summed E-state index contributed by atoms with van der Waals surface area (Å²) in [7, 11) is 0. The minimum absolute atomic E-state index is 0.434. The molecule has 2 N–H and O–H groups in total. The predicted molar refractivity (Wildman–Crippen MR) is 105 cm³/mol. The summed E-state index contributed by atoms with van der Waals surface area (Å²) >= 11 is 6.16. The number of aliphatic hydroxyl groups excluding tert-OH is 1. The summed E-state index contributed by atoms with van der Waals surface area (Å²) in [5, 5.41) is 14.2. The fraction of sp³-hybridized carbons (Fsp3) is 0.182. The van der Waals surface area contributed by atoms with Crippen molar-refractivity contribution in [3.8, 4) is 5.75 Å². The van der Waals surface area contributed by atoms with E-state index < -0.39 is 6.10 Å². The lowest BCUT2D eigenvalue weighted by Gasteiger charge is -2.13. The molecule has 0 aromatic heterocycles. The van der Waals surface area contributed by atoms with Crippen LogP contribution in [0.1, 0.15) is 22.8 Å². The van der Waals surface area contributed by atoms with Gasteiger partial charge in [-0.2, -0.15) is 0 Å². The van der Waals surface area contributed by atoms with Crippen LogP contribution in [0.2, 0.25) is 5.02 Å². The average Bonchev–Trinajstić information content (AvgIpc) is 2.68. The Balaban J connectivity index is 1.50. The zero-order valence-electron chi connectivity index (χ0n) is 14.4. The van der Waals surface area contributed by atoms with Crippen LogP contribution in [0.4, 0.5) is 0 Å². The summed E-state index contributed by atoms with van der Waals surface area (Å²) in [5.74, 6) is 0.799. The van der Waals surface area contributed by atoms with Gasteiger partial charge in [-0.05, 0) is 29.3 Å². The van der Waals surface area contributed by atoms with E-state index in [1.807, 2.05) is 78.9 Å². The smallest absolute Gasteiger partial charge is 0.120 e. The number of halogens is 1. The normalized spacial score (nSPS) is 11.9. The third-order valence-corrected chi connectivity index (χ3v) is 4.47. The molecule has 3 aromatic carbocycles. The minimum atomic E-state index is -0.518. The first kappa shape index (κ1) is 18.5. The number of aliphatic hydroxyl groups is 1. The molecule has 0 fully saturated rings. The molecule has 3 nitrogen and oxygen atoms in total. The molecule has 0 unspecified atom stereocenters. The van der Waals surface area contributed by atoms with Crippen LogP contribution in [-0.4, -0.2) is 11.7 Å². The molecule has 0 amide bonds. The highest BCUT2D eigenvalue weighted by molar-refractivity contribution is 6.31. The molecule has 26 heavy (non-hydrogen) atoms. The highest BCUT2D eigenvalue weighted by atomic mass is 35.5. The van der Waals surface area contributed by atoms with Crippen molar-refractivity contribution in [2.24, 2.45) is 0 Å². The van der Waals surface area contributed by atoms with Gasteiger partial charge in [0.05, 0.1) is 6.10 Å². The molecule has 0 aliphatic rings. The van der Waals surface area contributed by atoms with Gasteiger partial charge in [-0.3, -0.25) is 0 Å². The molecule has 0 bridgehead atoms. The maximum absolute atomic E-state index is 10.2. The van der Waals surface area contributed by atoms with E-state index in [2.05, 4.69) is 5.32 Å². The lowest BCUT2D eigenvalue weighted by Crippen LogP contribution is -2.21. The molecule has 3 aromatic rings. The second-order valence-electron chi connectivity index (χ2n) is 6.08. The van der Waals surface area contributed by atoms with Gasteiger partial charge in [0.15, 0.2) is 0 Å². The molecule has 0 spiro atoms. The first-order valence-corrected chi connectivity index (χ1v) is 8.99. The quantitative estimate of drug-likeness (QED) is 0.604. The lowest BCUT2D eigenvalue weighted by molar-refractivity contribution is 0.174. The van der Waals surface area contributed by atoms with Gasteiger partial charge in [-0.15, -0.1) is 0 Å². The topological polar surface area (TPSA) is 41.5 Å². The van der Waals surface area contributed by atoms with Gasteiger partial charge in [0.1, 0.15) is 12.4 Å². The van der Waals surface area contributed by atoms with Gasteiger partial charge in [0.2, 0.25) is 0 Å². The van der Waals surface area contributed by atoms with Crippen molar-refractivity contribution in [3.05, 3.63) is 101 Å². The van der Waals surface area contributed by atoms with Gasteiger partial charge < -0.3 is 15.2 Å². The summed E-state index contributed by atoms with van der Waals surface area (Å²) in [6, 6.07) is 25.2. The Labute approximate surface area is 159 Å². The van der Waals surface area contributed by atoms with Gasteiger partial charge in [0.25, 0.3) is 0 Å². The molecule has 3 rings (SSSR count). The van der Waals surface area contributed by atoms with E-state index in [9.17, 15) is 5.11 Å². The largest absolute Gasteiger partial charge is 0.489 e. The van der Waals surface area contributed by atoms with Gasteiger partial charge in [-0.1, -0.05) is 72.3 Å². The molecule has 0 heterocycles. The van der Waals surface area contributed by atoms with Crippen molar-refractivity contribution in [1.82, 2.24) is 5.32 Å². The van der Waals surface area contributed by atoms with E-state index >= 15 is 0 Å². The Morgan fingerprint density at radius 3 is 2.50 bits per heavy atom. The second-order valence-corrected chi connectivity index (χ2v) is 6.49. The van der Waals surface area contributed by atoms with Gasteiger partial charge >= 0.3 is 0 Å². The van der Waals surface area contributed by atoms with E-state index in [-0.39, 0.29) is 0 Å². The van der Waals surface area contributed by atoms with E-state index in [4.69, 9.17) is 16.3 Å². The summed E-state index contributed by atoms with van der Waals surface area (Å²) in [6.45, 7) is 1.59. The number of hydrogen-bond donors (Lipinski definition) is 2. The minimum Gasteiger partial charge on any atom is -0.489 e. The molecule has 0 saturated heterocycles. The molecule has 0 saturated carbocycles. The molecule has 4 heteroatoms. The van der Waals surface area contributed by atoms with E-state index in [1.54, 1.807) is 0 Å². The first-order valence-electron chi connectivity index (χ1n) is 8.61. The highest BCUT2D eigenvalue weighted by Gasteiger charge is 2.06. The van der Waals surface area contributed by atoms with Crippen LogP contribution in [-0.2, 0) is 13.2 Å². The van der Waals surface area contributed by atoms with Crippen LogP contribution < -0.4 is 10.1 Å². The summed E-state index contributed by atoms with van der Waals surface area (Å²) in [5.41, 5.74) is 2.97. The fourth-order valence-corrected chi connectivity index (χ4v) is 2.86. The van der Waals surface area contributed by atoms with Crippen molar-refractivity contribution in [1.29, 1.82) is 0 Å². The molecule has 0 aliphatic heterocycles. The Bertz CT molecular complexity index is 823. The summed E-state index contributed by atoms with van der Waals surface area (Å²) in [4.78, 5) is 0. The van der Waals surface area contributed by atoms with Crippen LogP contribution in [0.3, 0.4) is 0 Å². The van der Waals surface area contributed by atoms with Crippen molar-refractivity contribution in [3.63, 3.8) is 0 Å². The van der Waals surface area contributed by atoms with E-state index in [0.29, 0.717) is 24.7 Å². The molecule has 134 valence electrons. The Kier molecular flexibility index (Phi) is 6.67. The maximum atomic E-state index is 10.2. The predicted octanol–water partition coefficient (Wildman–Crippen LogP) is 4.74. The van der Waals surface area contributed by atoms with Crippen molar-refractivity contribution in [2.75, 3.05) is 6.54 Å². The fourth-order valence-electron chi connectivity index (χ4n) is 2.67. The molecular weight excluding hydrogens is 346 g/mol. The van der Waals surface area contributed by atoms with Crippen LogP contribution >= 0.6 is 11.6 Å². The summed E-state index contributed by atoms with van der Waals surface area (Å²) in [6.07, 6.45) is -0.518. The lowest BCUT2D eigenvalue weighted by atomic mass is 10.1. The van der Waals surface area contributed by atoms with E-state index in [0.717, 1.165) is 22.4 Å². The van der Waals surface area contributed by atoms with Crippen LogP contribution in [0, 0.1) is 0 Å². The second kappa shape index (κ2) is 9.39. The molecule has 0 aliphatic carbocycles. The van der Waals surface area contributed by atoms with Crippen LogP contribution in [0.5, 0.6) is 5.75 Å². The van der Waals surface area contributed by atoms with Crippen molar-refractivity contribution < 1.29 is 9.84 Å². The number of ether oxygens (including phenoxy) is 1. The maximum Gasteiger partial charge on any atom is 0.120 e. The van der Waals surface area contributed by atoms with Crippen molar-refractivity contribution in [2.45, 2.75) is 19.3 Å². The van der Waals surface area contributed by atoms with Crippen molar-refractivity contribution >= 4 is 11.6 Å². The number of hydrogen-bond acceptors (Lipinski definition) is 3. The SMILES string of the molecule is O[C@H](CNCc1cccc(OCc2ccccc2Cl)c1)c1ccccc1. The highest BCUT2D eigenvalue weighted by Crippen LogP contribution is 2.19. The third kappa shape index (κ3) is 5.33. The van der Waals surface area contributed by atoms with Crippen LogP contribution in [0.25, 0.3) is 0 Å². The zero-order valence-corrected chi connectivity index (χ0v) is 15.2. The Morgan fingerprint density at radius 1 is 0.923 bits per heavy atom. The van der Waals surface area contributed by atoms with E-state index in [1.165, 1.54) is 0 Å². The Hall–Kier alpha value is -2.33. The number of benzene rings is 3. The third-order valence-electron chi connectivity index (χ3n) is 4.10. The zero-order chi connectivity index (χ0) is 18.2. The average molecular weight is 368 g/mol. The van der Waals surface area contributed by atoms with Gasteiger partial charge in [-0.25, -0.2) is 0 Å². The molecular formula is C22H22ClNO2. The Morgan fingerprint density at radius 2 is 1.69 bits per heavy atom. The number of rotatable bonds is 8. The molecule has 0 radical (unpaired) electrons. The van der Waals surface area contributed by atoms with Gasteiger partial charge in [0, 0.05) is 23.7 Å². The monoisotopic (exact) mass is 367 g/mol. The number of nitrogens with one attached hydrogen (secondary N) is 1. The van der Waals surface area contributed by atoms with Crippen LogP contribution in [0.15, 0.2) is 78.9 Å². The summed E-state index contributed by atoms with van der Waals surface area (Å²) < 4.78 is 5.85. The first-order chi connectivity index (χ1) is 12.7.